The summed E-state index contributed by atoms with van der Waals surface area (Å²) >= 11 is 0. The van der Waals surface area contributed by atoms with Crippen LogP contribution < -0.4 is 0 Å². The molecular weight excluding hydrogens is 272 g/mol. The molecule has 0 atom stereocenters. The third kappa shape index (κ3) is 18.2. The predicted molar refractivity (Wildman–Crippen MR) is 95.9 cm³/mol. The quantitative estimate of drug-likeness (QED) is 0.424. The van der Waals surface area contributed by atoms with E-state index in [2.05, 4.69) is 55.5 Å². The number of carboxylic acids is 1. The van der Waals surface area contributed by atoms with Crippen molar-refractivity contribution >= 4 is 5.97 Å². The lowest BCUT2D eigenvalue weighted by Gasteiger charge is -1.87. The number of carbonyl (C=O) groups is 1. The number of carboxylic acid groups (broad SMARTS) is 1. The van der Waals surface area contributed by atoms with Crippen molar-refractivity contribution in [1.82, 2.24) is 0 Å². The Balaban J connectivity index is 3.48. The Morgan fingerprint density at radius 3 is 1.41 bits per heavy atom. The van der Waals surface area contributed by atoms with Crippen LogP contribution in [0, 0.1) is 0 Å². The molecule has 2 nitrogen and oxygen atoms in total. The zero-order chi connectivity index (χ0) is 16.3. The third-order valence-electron chi connectivity index (χ3n) is 2.90. The summed E-state index contributed by atoms with van der Waals surface area (Å²) in [5.74, 6) is -0.739. The topological polar surface area (TPSA) is 37.3 Å². The summed E-state index contributed by atoms with van der Waals surface area (Å²) < 4.78 is 0. The second kappa shape index (κ2) is 17.2. The Morgan fingerprint density at radius 2 is 1.05 bits per heavy atom. The summed E-state index contributed by atoms with van der Waals surface area (Å²) in [7, 11) is 0. The fourth-order valence-electron chi connectivity index (χ4n) is 1.69. The molecule has 2 heteroatoms. The fraction of sp³-hybridized carbons (Fsp3) is 0.450. The van der Waals surface area contributed by atoms with Crippen molar-refractivity contribution in [2.75, 3.05) is 0 Å². The number of hydrogen-bond acceptors (Lipinski definition) is 1. The van der Waals surface area contributed by atoms with Crippen molar-refractivity contribution in [3.63, 3.8) is 0 Å². The molecular formula is C20H30O2. The Kier molecular flexibility index (Phi) is 15.8. The lowest BCUT2D eigenvalue weighted by atomic mass is 10.2. The molecule has 0 fully saturated rings. The van der Waals surface area contributed by atoms with Gasteiger partial charge in [0, 0.05) is 6.42 Å². The van der Waals surface area contributed by atoms with E-state index in [4.69, 9.17) is 5.11 Å². The standard InChI is InChI=1S/C20H30O2/c1-2-3-4-5-6-7-8-9-10-11-12-13-14-15-16-17-18-19-20(21)22/h4-5,7-8,10-11,13-14,16-17H,2-3,6,9,12,15,18-19H2,1H3,(H,21,22)/b5-4-,8-7-,11-10-,14-13-,17-16-. The minimum Gasteiger partial charge on any atom is -0.481 e. The van der Waals surface area contributed by atoms with E-state index in [-0.39, 0.29) is 6.42 Å². The first-order valence-corrected chi connectivity index (χ1v) is 8.24. The van der Waals surface area contributed by atoms with Gasteiger partial charge in [-0.25, -0.2) is 0 Å². The molecule has 0 saturated carbocycles. The minimum atomic E-state index is -0.739. The smallest absolute Gasteiger partial charge is 0.303 e. The molecule has 0 saturated heterocycles. The van der Waals surface area contributed by atoms with Crippen LogP contribution in [-0.2, 0) is 4.79 Å². The van der Waals surface area contributed by atoms with Gasteiger partial charge < -0.3 is 5.11 Å². The highest BCUT2D eigenvalue weighted by molar-refractivity contribution is 5.66. The van der Waals surface area contributed by atoms with Crippen molar-refractivity contribution in [1.29, 1.82) is 0 Å². The van der Waals surface area contributed by atoms with Gasteiger partial charge in [0.05, 0.1) is 0 Å². The van der Waals surface area contributed by atoms with Crippen LogP contribution in [0.2, 0.25) is 0 Å². The summed E-state index contributed by atoms with van der Waals surface area (Å²) in [5.41, 5.74) is 0. The highest BCUT2D eigenvalue weighted by Crippen LogP contribution is 1.97. The molecule has 0 rings (SSSR count). The molecule has 1 N–H and O–H groups in total. The lowest BCUT2D eigenvalue weighted by molar-refractivity contribution is -0.136. The van der Waals surface area contributed by atoms with Crippen molar-refractivity contribution in [3.8, 4) is 0 Å². The van der Waals surface area contributed by atoms with Crippen LogP contribution in [0.1, 0.15) is 58.3 Å². The van der Waals surface area contributed by atoms with Crippen LogP contribution in [-0.4, -0.2) is 11.1 Å². The van der Waals surface area contributed by atoms with E-state index in [1.165, 1.54) is 12.8 Å². The van der Waals surface area contributed by atoms with Gasteiger partial charge in [-0.05, 0) is 38.5 Å². The van der Waals surface area contributed by atoms with Gasteiger partial charge in [0.15, 0.2) is 0 Å². The fourth-order valence-corrected chi connectivity index (χ4v) is 1.69. The highest BCUT2D eigenvalue weighted by atomic mass is 16.4. The van der Waals surface area contributed by atoms with E-state index in [1.807, 2.05) is 12.2 Å². The maximum Gasteiger partial charge on any atom is 0.303 e. The number of rotatable bonds is 13. The average molecular weight is 302 g/mol. The molecule has 0 spiro atoms. The summed E-state index contributed by atoms with van der Waals surface area (Å²) in [5, 5.41) is 8.48. The molecule has 22 heavy (non-hydrogen) atoms. The first-order chi connectivity index (χ1) is 10.8. The Labute approximate surface area is 135 Å². The SMILES string of the molecule is CCC/C=C\C/C=C\C/C=C\C/C=C\C/C=C\CCC(=O)O. The van der Waals surface area contributed by atoms with Crippen molar-refractivity contribution in [2.45, 2.75) is 58.3 Å². The first kappa shape index (κ1) is 20.2. The van der Waals surface area contributed by atoms with Crippen LogP contribution in [0.25, 0.3) is 0 Å². The molecule has 0 unspecified atom stereocenters. The van der Waals surface area contributed by atoms with Gasteiger partial charge in [-0.1, -0.05) is 74.1 Å². The summed E-state index contributed by atoms with van der Waals surface area (Å²) in [6, 6.07) is 0. The molecule has 0 heterocycles. The first-order valence-electron chi connectivity index (χ1n) is 8.24. The van der Waals surface area contributed by atoms with E-state index in [9.17, 15) is 4.79 Å². The van der Waals surface area contributed by atoms with Crippen molar-refractivity contribution in [2.24, 2.45) is 0 Å². The van der Waals surface area contributed by atoms with Gasteiger partial charge in [-0.15, -0.1) is 0 Å². The number of allylic oxidation sites excluding steroid dienone is 10. The molecule has 0 aromatic rings. The van der Waals surface area contributed by atoms with Gasteiger partial charge in [0.1, 0.15) is 0 Å². The van der Waals surface area contributed by atoms with Gasteiger partial charge >= 0.3 is 5.97 Å². The van der Waals surface area contributed by atoms with Crippen LogP contribution in [0.5, 0.6) is 0 Å². The molecule has 0 amide bonds. The third-order valence-corrected chi connectivity index (χ3v) is 2.90. The molecule has 0 bridgehead atoms. The van der Waals surface area contributed by atoms with Crippen LogP contribution in [0.4, 0.5) is 0 Å². The average Bonchev–Trinajstić information content (AvgIpc) is 2.50. The van der Waals surface area contributed by atoms with E-state index in [0.717, 1.165) is 25.7 Å². The normalized spacial score (nSPS) is 12.8. The van der Waals surface area contributed by atoms with Crippen LogP contribution >= 0.6 is 0 Å². The zero-order valence-corrected chi connectivity index (χ0v) is 13.8. The van der Waals surface area contributed by atoms with Gasteiger partial charge in [-0.3, -0.25) is 4.79 Å². The zero-order valence-electron chi connectivity index (χ0n) is 13.8. The molecule has 0 aliphatic carbocycles. The Hall–Kier alpha value is -1.83. The highest BCUT2D eigenvalue weighted by Gasteiger charge is 1.90. The molecule has 0 aliphatic heterocycles. The number of unbranched alkanes of at least 4 members (excludes halogenated alkanes) is 1. The minimum absolute atomic E-state index is 0.213. The van der Waals surface area contributed by atoms with Gasteiger partial charge in [0.2, 0.25) is 0 Å². The van der Waals surface area contributed by atoms with Crippen molar-refractivity contribution < 1.29 is 9.90 Å². The maximum absolute atomic E-state index is 10.3. The number of hydrogen-bond donors (Lipinski definition) is 1. The Morgan fingerprint density at radius 1 is 0.682 bits per heavy atom. The van der Waals surface area contributed by atoms with Gasteiger partial charge in [-0.2, -0.15) is 0 Å². The second-order valence-electron chi connectivity index (χ2n) is 5.02. The summed E-state index contributed by atoms with van der Waals surface area (Å²) in [6.45, 7) is 2.19. The lowest BCUT2D eigenvalue weighted by Crippen LogP contribution is -1.91. The van der Waals surface area contributed by atoms with E-state index in [0.29, 0.717) is 6.42 Å². The number of aliphatic carboxylic acids is 1. The van der Waals surface area contributed by atoms with E-state index in [1.54, 1.807) is 0 Å². The van der Waals surface area contributed by atoms with E-state index < -0.39 is 5.97 Å². The van der Waals surface area contributed by atoms with Crippen molar-refractivity contribution in [3.05, 3.63) is 60.8 Å². The largest absolute Gasteiger partial charge is 0.481 e. The molecule has 0 aliphatic rings. The molecule has 0 aromatic carbocycles. The maximum atomic E-state index is 10.3. The Bertz CT molecular complexity index is 398. The molecule has 122 valence electrons. The monoisotopic (exact) mass is 302 g/mol. The molecule has 0 aromatic heterocycles. The summed E-state index contributed by atoms with van der Waals surface area (Å²) in [6.07, 6.45) is 28.4. The predicted octanol–water partition coefficient (Wildman–Crippen LogP) is 5.99. The van der Waals surface area contributed by atoms with Crippen LogP contribution in [0.3, 0.4) is 0 Å². The summed E-state index contributed by atoms with van der Waals surface area (Å²) in [4.78, 5) is 10.3. The van der Waals surface area contributed by atoms with E-state index >= 15 is 0 Å². The molecule has 0 radical (unpaired) electrons. The van der Waals surface area contributed by atoms with Gasteiger partial charge in [0.25, 0.3) is 0 Å². The second-order valence-corrected chi connectivity index (χ2v) is 5.02. The van der Waals surface area contributed by atoms with Crippen LogP contribution in [0.15, 0.2) is 60.8 Å².